The lowest BCUT2D eigenvalue weighted by Gasteiger charge is -2.36. The summed E-state index contributed by atoms with van der Waals surface area (Å²) in [5.74, 6) is 1.90. The Hall–Kier alpha value is -3.67. The lowest BCUT2D eigenvalue weighted by Crippen LogP contribution is -2.50. The van der Waals surface area contributed by atoms with Gasteiger partial charge in [-0.05, 0) is 82.4 Å². The van der Waals surface area contributed by atoms with Crippen molar-refractivity contribution in [3.8, 4) is 23.0 Å². The van der Waals surface area contributed by atoms with Crippen LogP contribution in [-0.2, 0) is 16.1 Å². The Balaban J connectivity index is 1.26. The molecule has 13 heteroatoms. The van der Waals surface area contributed by atoms with Gasteiger partial charge in [0.15, 0.2) is 0 Å². The second-order valence-electron chi connectivity index (χ2n) is 12.8. The zero-order valence-corrected chi connectivity index (χ0v) is 28.3. The zero-order valence-electron chi connectivity index (χ0n) is 26.8. The number of carbonyl (C=O) groups excluding carboxylic acids is 2. The van der Waals surface area contributed by atoms with Crippen molar-refractivity contribution in [2.24, 2.45) is 5.92 Å². The van der Waals surface area contributed by atoms with E-state index in [1.165, 1.54) is 0 Å². The summed E-state index contributed by atoms with van der Waals surface area (Å²) in [7, 11) is 0. The van der Waals surface area contributed by atoms with Crippen LogP contribution in [0.4, 0.5) is 10.6 Å². The second-order valence-corrected chi connectivity index (χ2v) is 13.7. The molecule has 4 heterocycles. The van der Waals surface area contributed by atoms with Gasteiger partial charge in [0.25, 0.3) is 0 Å². The Bertz CT molecular complexity index is 1500. The molecule has 0 aliphatic carbocycles. The number of rotatable bonds is 8. The molecule has 0 atom stereocenters. The summed E-state index contributed by atoms with van der Waals surface area (Å²) in [6, 6.07) is 9.30. The third kappa shape index (κ3) is 9.67. The van der Waals surface area contributed by atoms with E-state index in [4.69, 9.17) is 37.7 Å². The number of anilines is 1. The van der Waals surface area contributed by atoms with Gasteiger partial charge >= 0.3 is 6.09 Å². The van der Waals surface area contributed by atoms with Crippen molar-refractivity contribution >= 4 is 41.0 Å². The first-order chi connectivity index (χ1) is 21.9. The van der Waals surface area contributed by atoms with Crippen molar-refractivity contribution < 1.29 is 19.1 Å². The lowest BCUT2D eigenvalue weighted by atomic mass is 9.96. The summed E-state index contributed by atoms with van der Waals surface area (Å²) < 4.78 is 11.6. The molecule has 5 rings (SSSR count). The highest BCUT2D eigenvalue weighted by molar-refractivity contribution is 6.35. The smallest absolute Gasteiger partial charge is 0.410 e. The summed E-state index contributed by atoms with van der Waals surface area (Å²) in [6.07, 6.45) is 4.99. The minimum Gasteiger partial charge on any atom is -0.444 e. The van der Waals surface area contributed by atoms with Crippen molar-refractivity contribution in [1.29, 1.82) is 0 Å². The number of ether oxygens (including phenoxy) is 2. The molecule has 246 valence electrons. The quantitative estimate of drug-likeness (QED) is 0.307. The molecule has 2 aliphatic rings. The van der Waals surface area contributed by atoms with E-state index < -0.39 is 5.60 Å². The fraction of sp³-hybridized carbons (Fsp3) is 0.485. The Morgan fingerprint density at radius 3 is 2.22 bits per heavy atom. The van der Waals surface area contributed by atoms with Gasteiger partial charge in [0, 0.05) is 67.9 Å². The predicted molar refractivity (Wildman–Crippen MR) is 179 cm³/mol. The molecule has 2 saturated heterocycles. The van der Waals surface area contributed by atoms with Crippen LogP contribution in [0.3, 0.4) is 0 Å². The average molecular weight is 671 g/mol. The number of piperazine rings is 1. The van der Waals surface area contributed by atoms with Crippen LogP contribution in [-0.4, -0.2) is 88.2 Å². The summed E-state index contributed by atoms with van der Waals surface area (Å²) >= 11 is 12.7. The van der Waals surface area contributed by atoms with Crippen LogP contribution >= 0.6 is 23.2 Å². The SMILES string of the molecule is CC(=O)NCC1CCN(Cc2cc(Oc3cnc(N4CCN(C(=O)OC(C)(C)C)CC4)cn3)nc(-c3cc(Cl)cc(Cl)c3)c2)CC1. The van der Waals surface area contributed by atoms with E-state index in [0.717, 1.165) is 43.6 Å². The van der Waals surface area contributed by atoms with Crippen LogP contribution in [0, 0.1) is 5.92 Å². The maximum Gasteiger partial charge on any atom is 0.410 e. The molecule has 0 unspecified atom stereocenters. The highest BCUT2D eigenvalue weighted by Crippen LogP contribution is 2.31. The van der Waals surface area contributed by atoms with E-state index in [1.807, 2.05) is 45.0 Å². The molecule has 46 heavy (non-hydrogen) atoms. The minimum atomic E-state index is -0.529. The summed E-state index contributed by atoms with van der Waals surface area (Å²) in [5, 5.41) is 3.98. The van der Waals surface area contributed by atoms with Gasteiger partial charge in [0.1, 0.15) is 11.4 Å². The highest BCUT2D eigenvalue weighted by Gasteiger charge is 2.26. The molecule has 0 spiro atoms. The topological polar surface area (TPSA) is 113 Å². The number of nitrogens with one attached hydrogen (secondary N) is 1. The number of likely N-dealkylation sites (tertiary alicyclic amines) is 1. The van der Waals surface area contributed by atoms with Gasteiger partial charge in [0.05, 0.1) is 18.1 Å². The fourth-order valence-corrected chi connectivity index (χ4v) is 6.05. The standard InChI is InChI=1S/C33H41Cl2N7O4/c1-22(43)36-18-23-5-7-40(8-6-23)21-24-13-28(25-15-26(34)17-27(35)16-25)39-30(14-24)45-31-20-37-29(19-38-31)41-9-11-42(12-10-41)32(44)46-33(2,3)4/h13-17,19-20,23H,5-12,18,21H2,1-4H3,(H,36,43). The number of amides is 2. The molecule has 0 bridgehead atoms. The Morgan fingerprint density at radius 1 is 0.913 bits per heavy atom. The van der Waals surface area contributed by atoms with Crippen molar-refractivity contribution in [2.75, 3.05) is 50.7 Å². The van der Waals surface area contributed by atoms with Gasteiger partial charge in [0.2, 0.25) is 17.7 Å². The van der Waals surface area contributed by atoms with Gasteiger partial charge in [-0.1, -0.05) is 23.2 Å². The fourth-order valence-electron chi connectivity index (χ4n) is 5.52. The van der Waals surface area contributed by atoms with Gasteiger partial charge in [-0.3, -0.25) is 9.69 Å². The summed E-state index contributed by atoms with van der Waals surface area (Å²) in [6.45, 7) is 12.8. The number of aromatic nitrogens is 3. The van der Waals surface area contributed by atoms with E-state index >= 15 is 0 Å². The molecule has 11 nitrogen and oxygen atoms in total. The molecular formula is C33H41Cl2N7O4. The predicted octanol–water partition coefficient (Wildman–Crippen LogP) is 6.04. The summed E-state index contributed by atoms with van der Waals surface area (Å²) in [4.78, 5) is 43.8. The van der Waals surface area contributed by atoms with Gasteiger partial charge in [-0.2, -0.15) is 0 Å². The Morgan fingerprint density at radius 2 is 1.61 bits per heavy atom. The van der Waals surface area contributed by atoms with Crippen LogP contribution in [0.15, 0.2) is 42.7 Å². The highest BCUT2D eigenvalue weighted by atomic mass is 35.5. The molecule has 2 aromatic heterocycles. The first-order valence-corrected chi connectivity index (χ1v) is 16.3. The van der Waals surface area contributed by atoms with Crippen LogP contribution in [0.1, 0.15) is 46.1 Å². The van der Waals surface area contributed by atoms with Gasteiger partial charge in [-0.25, -0.2) is 19.7 Å². The summed E-state index contributed by atoms with van der Waals surface area (Å²) in [5.41, 5.74) is 1.97. The minimum absolute atomic E-state index is 0.0119. The van der Waals surface area contributed by atoms with E-state index in [-0.39, 0.29) is 12.0 Å². The maximum absolute atomic E-state index is 12.4. The third-order valence-electron chi connectivity index (χ3n) is 7.85. The Labute approximate surface area is 280 Å². The van der Waals surface area contributed by atoms with E-state index in [9.17, 15) is 9.59 Å². The molecule has 2 aliphatic heterocycles. The lowest BCUT2D eigenvalue weighted by molar-refractivity contribution is -0.119. The number of benzene rings is 1. The van der Waals surface area contributed by atoms with Crippen molar-refractivity contribution in [1.82, 2.24) is 30.1 Å². The number of halogens is 2. The van der Waals surface area contributed by atoms with Gasteiger partial charge < -0.3 is 24.6 Å². The van der Waals surface area contributed by atoms with Gasteiger partial charge in [-0.15, -0.1) is 0 Å². The van der Waals surface area contributed by atoms with E-state index in [1.54, 1.807) is 30.3 Å². The first kappa shape index (κ1) is 33.7. The average Bonchev–Trinajstić information content (AvgIpc) is 3.00. The maximum atomic E-state index is 12.4. The number of pyridine rings is 1. The molecule has 2 fully saturated rings. The number of hydrogen-bond donors (Lipinski definition) is 1. The van der Waals surface area contributed by atoms with Crippen molar-refractivity contribution in [3.05, 3.63) is 58.3 Å². The number of piperidine rings is 1. The number of nitrogens with zero attached hydrogens (tertiary/aromatic N) is 6. The Kier molecular flexibility index (Phi) is 10.9. The number of hydrogen-bond acceptors (Lipinski definition) is 9. The van der Waals surface area contributed by atoms with E-state index in [0.29, 0.717) is 72.0 Å². The monoisotopic (exact) mass is 669 g/mol. The molecule has 1 aromatic carbocycles. The molecule has 0 saturated carbocycles. The van der Waals surface area contributed by atoms with Crippen molar-refractivity contribution in [3.63, 3.8) is 0 Å². The second kappa shape index (κ2) is 14.8. The normalized spacial score (nSPS) is 16.3. The van der Waals surface area contributed by atoms with Crippen LogP contribution in [0.25, 0.3) is 11.3 Å². The molecule has 3 aromatic rings. The number of carbonyl (C=O) groups is 2. The molecule has 1 N–H and O–H groups in total. The molecule has 0 radical (unpaired) electrons. The van der Waals surface area contributed by atoms with Crippen molar-refractivity contribution in [2.45, 2.75) is 52.7 Å². The zero-order chi connectivity index (χ0) is 32.8. The van der Waals surface area contributed by atoms with Crippen LogP contribution in [0.5, 0.6) is 11.8 Å². The molecular weight excluding hydrogens is 629 g/mol. The van der Waals surface area contributed by atoms with Crippen LogP contribution in [0.2, 0.25) is 10.0 Å². The largest absolute Gasteiger partial charge is 0.444 e. The molecule has 2 amide bonds. The third-order valence-corrected chi connectivity index (χ3v) is 8.29. The van der Waals surface area contributed by atoms with E-state index in [2.05, 4.69) is 25.1 Å². The first-order valence-electron chi connectivity index (χ1n) is 15.6. The van der Waals surface area contributed by atoms with Crippen LogP contribution < -0.4 is 15.0 Å².